The normalized spacial score (nSPS) is 10.3. The van der Waals surface area contributed by atoms with Crippen LogP contribution >= 0.6 is 0 Å². The van der Waals surface area contributed by atoms with Gasteiger partial charge in [0, 0.05) is 12.6 Å². The molecule has 1 heterocycles. The molecule has 0 aliphatic heterocycles. The van der Waals surface area contributed by atoms with Crippen molar-refractivity contribution >= 4 is 0 Å². The molecular formula is C12H12FN3O. The number of hydrogen-bond donors (Lipinski definition) is 1. The van der Waals surface area contributed by atoms with Gasteiger partial charge in [0.15, 0.2) is 11.6 Å². The number of hydrogen-bond acceptors (Lipinski definition) is 4. The molecule has 4 nitrogen and oxygen atoms in total. The van der Waals surface area contributed by atoms with Crippen molar-refractivity contribution in [2.75, 3.05) is 0 Å². The maximum Gasteiger partial charge on any atom is 0.238 e. The van der Waals surface area contributed by atoms with Gasteiger partial charge < -0.3 is 10.5 Å². The third-order valence-electron chi connectivity index (χ3n) is 2.22. The van der Waals surface area contributed by atoms with Gasteiger partial charge in [-0.2, -0.15) is 5.10 Å². The lowest BCUT2D eigenvalue weighted by molar-refractivity contribution is 0.421. The Morgan fingerprint density at radius 3 is 2.65 bits per heavy atom. The van der Waals surface area contributed by atoms with Crippen molar-refractivity contribution in [1.29, 1.82) is 0 Å². The maximum absolute atomic E-state index is 13.6. The van der Waals surface area contributed by atoms with Gasteiger partial charge in [0.1, 0.15) is 0 Å². The van der Waals surface area contributed by atoms with E-state index in [0.29, 0.717) is 12.1 Å². The van der Waals surface area contributed by atoms with Crippen LogP contribution < -0.4 is 10.5 Å². The van der Waals surface area contributed by atoms with Crippen LogP contribution in [0.25, 0.3) is 0 Å². The highest BCUT2D eigenvalue weighted by Crippen LogP contribution is 2.23. The Morgan fingerprint density at radius 2 is 2.06 bits per heavy atom. The Balaban J connectivity index is 2.21. The SMILES string of the molecule is Cc1ccc(Oc2ccc(CN)cc2F)nn1. The third-order valence-corrected chi connectivity index (χ3v) is 2.22. The number of ether oxygens (including phenoxy) is 1. The van der Waals surface area contributed by atoms with E-state index in [-0.39, 0.29) is 11.6 Å². The molecule has 0 saturated carbocycles. The molecule has 0 aliphatic rings. The van der Waals surface area contributed by atoms with Gasteiger partial charge >= 0.3 is 0 Å². The first-order valence-electron chi connectivity index (χ1n) is 5.15. The van der Waals surface area contributed by atoms with E-state index in [1.165, 1.54) is 12.1 Å². The van der Waals surface area contributed by atoms with Gasteiger partial charge in [-0.3, -0.25) is 0 Å². The molecule has 5 heteroatoms. The van der Waals surface area contributed by atoms with Crippen molar-refractivity contribution in [3.05, 3.63) is 47.4 Å². The topological polar surface area (TPSA) is 61.0 Å². The smallest absolute Gasteiger partial charge is 0.238 e. The Bertz CT molecular complexity index is 514. The lowest BCUT2D eigenvalue weighted by Gasteiger charge is -2.06. The van der Waals surface area contributed by atoms with Gasteiger partial charge in [-0.05, 0) is 30.7 Å². The number of aromatic nitrogens is 2. The molecule has 2 rings (SSSR count). The van der Waals surface area contributed by atoms with E-state index in [2.05, 4.69) is 10.2 Å². The molecule has 88 valence electrons. The number of halogens is 1. The quantitative estimate of drug-likeness (QED) is 0.882. The summed E-state index contributed by atoms with van der Waals surface area (Å²) >= 11 is 0. The summed E-state index contributed by atoms with van der Waals surface area (Å²) in [5.74, 6) is -0.0920. The second-order valence-electron chi connectivity index (χ2n) is 3.58. The minimum atomic E-state index is -0.463. The zero-order chi connectivity index (χ0) is 12.3. The fourth-order valence-electron chi connectivity index (χ4n) is 1.31. The van der Waals surface area contributed by atoms with Gasteiger partial charge in [0.05, 0.1) is 5.69 Å². The van der Waals surface area contributed by atoms with Crippen LogP contribution in [0.15, 0.2) is 30.3 Å². The van der Waals surface area contributed by atoms with E-state index >= 15 is 0 Å². The van der Waals surface area contributed by atoms with Crippen LogP contribution in [-0.2, 0) is 6.54 Å². The summed E-state index contributed by atoms with van der Waals surface area (Å²) in [6, 6.07) is 7.96. The molecule has 0 saturated heterocycles. The van der Waals surface area contributed by atoms with Gasteiger partial charge in [-0.25, -0.2) is 4.39 Å². The van der Waals surface area contributed by atoms with Crippen LogP contribution in [0.3, 0.4) is 0 Å². The number of nitrogens with zero attached hydrogens (tertiary/aromatic N) is 2. The van der Waals surface area contributed by atoms with Gasteiger partial charge in [0.25, 0.3) is 0 Å². The molecule has 0 atom stereocenters. The summed E-state index contributed by atoms with van der Waals surface area (Å²) in [6.45, 7) is 2.11. The Labute approximate surface area is 98.2 Å². The predicted octanol–water partition coefficient (Wildman–Crippen LogP) is 2.18. The van der Waals surface area contributed by atoms with Gasteiger partial charge in [0.2, 0.25) is 5.88 Å². The monoisotopic (exact) mass is 233 g/mol. The summed E-state index contributed by atoms with van der Waals surface area (Å²) < 4.78 is 18.8. The highest BCUT2D eigenvalue weighted by Gasteiger charge is 2.06. The number of nitrogens with two attached hydrogens (primary N) is 1. The molecule has 0 aliphatic carbocycles. The van der Waals surface area contributed by atoms with Crippen molar-refractivity contribution in [3.8, 4) is 11.6 Å². The summed E-state index contributed by atoms with van der Waals surface area (Å²) in [4.78, 5) is 0. The van der Waals surface area contributed by atoms with E-state index in [1.54, 1.807) is 18.2 Å². The fourth-order valence-corrected chi connectivity index (χ4v) is 1.31. The first-order valence-corrected chi connectivity index (χ1v) is 5.15. The Morgan fingerprint density at radius 1 is 1.24 bits per heavy atom. The molecule has 0 radical (unpaired) electrons. The summed E-state index contributed by atoms with van der Waals surface area (Å²) in [5, 5.41) is 7.61. The van der Waals surface area contributed by atoms with Crippen LogP contribution in [-0.4, -0.2) is 10.2 Å². The van der Waals surface area contributed by atoms with E-state index in [9.17, 15) is 4.39 Å². The van der Waals surface area contributed by atoms with Crippen molar-refractivity contribution in [2.24, 2.45) is 5.73 Å². The summed E-state index contributed by atoms with van der Waals surface area (Å²) in [5.41, 5.74) is 6.90. The van der Waals surface area contributed by atoms with Crippen molar-refractivity contribution in [1.82, 2.24) is 10.2 Å². The first-order chi connectivity index (χ1) is 8.19. The molecule has 17 heavy (non-hydrogen) atoms. The zero-order valence-electron chi connectivity index (χ0n) is 9.35. The molecule has 2 aromatic rings. The van der Waals surface area contributed by atoms with Crippen molar-refractivity contribution < 1.29 is 9.13 Å². The second kappa shape index (κ2) is 4.88. The predicted molar refractivity (Wildman–Crippen MR) is 61.1 cm³/mol. The van der Waals surface area contributed by atoms with E-state index < -0.39 is 5.82 Å². The third kappa shape index (κ3) is 2.76. The Kier molecular flexibility index (Phi) is 3.30. The average Bonchev–Trinajstić information content (AvgIpc) is 2.34. The lowest BCUT2D eigenvalue weighted by atomic mass is 10.2. The van der Waals surface area contributed by atoms with Crippen LogP contribution in [0.5, 0.6) is 11.6 Å². The fraction of sp³-hybridized carbons (Fsp3) is 0.167. The van der Waals surface area contributed by atoms with Crippen LogP contribution in [0.1, 0.15) is 11.3 Å². The van der Waals surface area contributed by atoms with Crippen LogP contribution in [0.4, 0.5) is 4.39 Å². The molecule has 0 unspecified atom stereocenters. The van der Waals surface area contributed by atoms with E-state index in [4.69, 9.17) is 10.5 Å². The minimum absolute atomic E-state index is 0.111. The lowest BCUT2D eigenvalue weighted by Crippen LogP contribution is -1.98. The van der Waals surface area contributed by atoms with Crippen molar-refractivity contribution in [2.45, 2.75) is 13.5 Å². The van der Waals surface area contributed by atoms with E-state index in [0.717, 1.165) is 5.69 Å². The number of benzene rings is 1. The molecule has 2 N–H and O–H groups in total. The van der Waals surface area contributed by atoms with Crippen LogP contribution in [0, 0.1) is 12.7 Å². The standard InChI is InChI=1S/C12H12FN3O/c1-8-2-5-12(16-15-8)17-11-4-3-9(7-14)6-10(11)13/h2-6H,7,14H2,1H3. The zero-order valence-corrected chi connectivity index (χ0v) is 9.35. The summed E-state index contributed by atoms with van der Waals surface area (Å²) in [6.07, 6.45) is 0. The largest absolute Gasteiger partial charge is 0.434 e. The molecule has 0 bridgehead atoms. The van der Waals surface area contributed by atoms with Gasteiger partial charge in [-0.15, -0.1) is 5.10 Å². The van der Waals surface area contributed by atoms with E-state index in [1.807, 2.05) is 6.92 Å². The highest BCUT2D eigenvalue weighted by molar-refractivity contribution is 5.32. The summed E-state index contributed by atoms with van der Waals surface area (Å²) in [7, 11) is 0. The number of rotatable bonds is 3. The molecule has 1 aromatic heterocycles. The average molecular weight is 233 g/mol. The van der Waals surface area contributed by atoms with Gasteiger partial charge in [-0.1, -0.05) is 6.07 Å². The van der Waals surface area contributed by atoms with Crippen molar-refractivity contribution in [3.63, 3.8) is 0 Å². The maximum atomic E-state index is 13.6. The molecule has 0 spiro atoms. The molecule has 1 aromatic carbocycles. The highest BCUT2D eigenvalue weighted by atomic mass is 19.1. The first kappa shape index (κ1) is 11.5. The van der Waals surface area contributed by atoms with Crippen LogP contribution in [0.2, 0.25) is 0 Å². The molecular weight excluding hydrogens is 221 g/mol. The molecule has 0 fully saturated rings. The number of aryl methyl sites for hydroxylation is 1. The molecule has 0 amide bonds. The second-order valence-corrected chi connectivity index (χ2v) is 3.58. The Hall–Kier alpha value is -2.01. The minimum Gasteiger partial charge on any atom is -0.434 e.